The number of nitrogens with zero attached hydrogens (tertiary/aromatic N) is 2. The Morgan fingerprint density at radius 3 is 2.59 bits per heavy atom. The molecule has 1 N–H and O–H groups in total. The molecular formula is C14H17N3. The Bertz CT molecular complexity index is 508. The van der Waals surface area contributed by atoms with Crippen LogP contribution in [-0.2, 0) is 0 Å². The zero-order valence-electron chi connectivity index (χ0n) is 10.4. The second kappa shape index (κ2) is 5.06. The van der Waals surface area contributed by atoms with Gasteiger partial charge in [0, 0.05) is 24.8 Å². The fourth-order valence-electron chi connectivity index (χ4n) is 2.05. The first-order chi connectivity index (χ1) is 8.22. The zero-order valence-corrected chi connectivity index (χ0v) is 10.4. The van der Waals surface area contributed by atoms with Gasteiger partial charge in [0.15, 0.2) is 0 Å². The first kappa shape index (κ1) is 11.7. The molecule has 0 saturated carbocycles. The lowest BCUT2D eigenvalue weighted by Crippen LogP contribution is -2.19. The molecule has 17 heavy (non-hydrogen) atoms. The molecule has 2 aromatic heterocycles. The monoisotopic (exact) mass is 227 g/mol. The molecule has 88 valence electrons. The van der Waals surface area contributed by atoms with Gasteiger partial charge in [0.1, 0.15) is 0 Å². The molecule has 0 aliphatic heterocycles. The van der Waals surface area contributed by atoms with Crippen LogP contribution in [0.15, 0.2) is 36.9 Å². The third kappa shape index (κ3) is 2.50. The van der Waals surface area contributed by atoms with Gasteiger partial charge in [-0.1, -0.05) is 6.07 Å². The average Bonchev–Trinajstić information content (AvgIpc) is 2.33. The van der Waals surface area contributed by atoms with Crippen LogP contribution in [0.3, 0.4) is 0 Å². The van der Waals surface area contributed by atoms with E-state index < -0.39 is 0 Å². The lowest BCUT2D eigenvalue weighted by atomic mass is 9.97. The second-order valence-corrected chi connectivity index (χ2v) is 4.25. The van der Waals surface area contributed by atoms with Crippen molar-refractivity contribution in [3.05, 3.63) is 59.2 Å². The highest BCUT2D eigenvalue weighted by Crippen LogP contribution is 2.23. The molecule has 0 aliphatic rings. The van der Waals surface area contributed by atoms with Crippen LogP contribution in [0.5, 0.6) is 0 Å². The fourth-order valence-corrected chi connectivity index (χ4v) is 2.05. The maximum Gasteiger partial charge on any atom is 0.0593 e. The highest BCUT2D eigenvalue weighted by Gasteiger charge is 2.14. The molecule has 0 spiro atoms. The Morgan fingerprint density at radius 1 is 1.12 bits per heavy atom. The van der Waals surface area contributed by atoms with E-state index in [0.29, 0.717) is 0 Å². The minimum atomic E-state index is 0.172. The van der Waals surface area contributed by atoms with Gasteiger partial charge in [0.2, 0.25) is 0 Å². The molecule has 0 radical (unpaired) electrons. The van der Waals surface area contributed by atoms with Crippen LogP contribution in [-0.4, -0.2) is 17.0 Å². The number of rotatable bonds is 3. The van der Waals surface area contributed by atoms with Crippen molar-refractivity contribution in [2.24, 2.45) is 0 Å². The molecule has 2 heterocycles. The van der Waals surface area contributed by atoms with E-state index >= 15 is 0 Å². The third-order valence-electron chi connectivity index (χ3n) is 2.89. The normalized spacial score (nSPS) is 12.4. The molecule has 0 fully saturated rings. The summed E-state index contributed by atoms with van der Waals surface area (Å²) in [4.78, 5) is 8.38. The van der Waals surface area contributed by atoms with Gasteiger partial charge in [0.05, 0.1) is 6.04 Å². The molecule has 2 aromatic rings. The third-order valence-corrected chi connectivity index (χ3v) is 2.89. The largest absolute Gasteiger partial charge is 0.309 e. The van der Waals surface area contributed by atoms with Crippen molar-refractivity contribution in [3.8, 4) is 0 Å². The topological polar surface area (TPSA) is 37.8 Å². The molecule has 2 rings (SSSR count). The van der Waals surface area contributed by atoms with E-state index in [1.165, 1.54) is 22.3 Å². The molecule has 0 aromatic carbocycles. The van der Waals surface area contributed by atoms with Gasteiger partial charge >= 0.3 is 0 Å². The predicted molar refractivity (Wildman–Crippen MR) is 68.9 cm³/mol. The number of nitrogens with one attached hydrogen (secondary N) is 1. The first-order valence-corrected chi connectivity index (χ1v) is 5.71. The van der Waals surface area contributed by atoms with Crippen molar-refractivity contribution in [1.29, 1.82) is 0 Å². The second-order valence-electron chi connectivity index (χ2n) is 4.25. The van der Waals surface area contributed by atoms with Crippen LogP contribution in [0.2, 0.25) is 0 Å². The number of aryl methyl sites for hydroxylation is 2. The van der Waals surface area contributed by atoms with Gasteiger partial charge in [-0.25, -0.2) is 0 Å². The van der Waals surface area contributed by atoms with Crippen LogP contribution in [0.25, 0.3) is 0 Å². The molecular weight excluding hydrogens is 210 g/mol. The minimum absolute atomic E-state index is 0.172. The molecule has 1 atom stereocenters. The van der Waals surface area contributed by atoms with E-state index in [-0.39, 0.29) is 6.04 Å². The number of pyridine rings is 2. The highest BCUT2D eigenvalue weighted by atomic mass is 14.9. The van der Waals surface area contributed by atoms with Crippen LogP contribution in [0, 0.1) is 13.8 Å². The van der Waals surface area contributed by atoms with Crippen LogP contribution in [0.1, 0.15) is 28.3 Å². The summed E-state index contributed by atoms with van der Waals surface area (Å²) < 4.78 is 0. The molecule has 3 heteroatoms. The van der Waals surface area contributed by atoms with Gasteiger partial charge in [-0.15, -0.1) is 0 Å². The SMILES string of the molecule is CNC(c1cncc(C)c1)c1ccncc1C. The van der Waals surface area contributed by atoms with E-state index in [2.05, 4.69) is 41.3 Å². The Kier molecular flexibility index (Phi) is 3.49. The lowest BCUT2D eigenvalue weighted by Gasteiger charge is -2.19. The summed E-state index contributed by atoms with van der Waals surface area (Å²) in [5.41, 5.74) is 4.79. The van der Waals surface area contributed by atoms with Gasteiger partial charge in [-0.05, 0) is 49.2 Å². The summed E-state index contributed by atoms with van der Waals surface area (Å²) in [6, 6.07) is 4.39. The molecule has 0 saturated heterocycles. The summed E-state index contributed by atoms with van der Waals surface area (Å²) in [7, 11) is 1.97. The van der Waals surface area contributed by atoms with Gasteiger partial charge in [-0.3, -0.25) is 9.97 Å². The number of aromatic nitrogens is 2. The van der Waals surface area contributed by atoms with Gasteiger partial charge < -0.3 is 5.32 Å². The molecule has 3 nitrogen and oxygen atoms in total. The molecule has 1 unspecified atom stereocenters. The maximum atomic E-state index is 4.25. The van der Waals surface area contributed by atoms with Crippen molar-refractivity contribution in [2.75, 3.05) is 7.05 Å². The Labute approximate surface area is 102 Å². The minimum Gasteiger partial charge on any atom is -0.309 e. The highest BCUT2D eigenvalue weighted by molar-refractivity contribution is 5.34. The smallest absolute Gasteiger partial charge is 0.0593 e. The van der Waals surface area contributed by atoms with Gasteiger partial charge in [0.25, 0.3) is 0 Å². The first-order valence-electron chi connectivity index (χ1n) is 5.71. The quantitative estimate of drug-likeness (QED) is 0.875. The number of hydrogen-bond acceptors (Lipinski definition) is 3. The van der Waals surface area contributed by atoms with Crippen molar-refractivity contribution < 1.29 is 0 Å². The van der Waals surface area contributed by atoms with Gasteiger partial charge in [-0.2, -0.15) is 0 Å². The summed E-state index contributed by atoms with van der Waals surface area (Å²) in [6.07, 6.45) is 7.50. The molecule has 0 aliphatic carbocycles. The number of hydrogen-bond donors (Lipinski definition) is 1. The maximum absolute atomic E-state index is 4.25. The predicted octanol–water partition coefficient (Wildman–Crippen LogP) is 2.40. The van der Waals surface area contributed by atoms with Crippen molar-refractivity contribution in [3.63, 3.8) is 0 Å². The standard InChI is InChI=1S/C14H17N3/c1-10-6-12(9-17-7-10)14(15-3)13-4-5-16-8-11(13)2/h4-9,14-15H,1-3H3. The van der Waals surface area contributed by atoms with Crippen molar-refractivity contribution >= 4 is 0 Å². The Hall–Kier alpha value is -1.74. The van der Waals surface area contributed by atoms with Crippen LogP contribution >= 0.6 is 0 Å². The van der Waals surface area contributed by atoms with E-state index in [4.69, 9.17) is 0 Å². The van der Waals surface area contributed by atoms with E-state index in [0.717, 1.165) is 0 Å². The van der Waals surface area contributed by atoms with E-state index in [9.17, 15) is 0 Å². The average molecular weight is 227 g/mol. The summed E-state index contributed by atoms with van der Waals surface area (Å²) in [5, 5.41) is 3.33. The summed E-state index contributed by atoms with van der Waals surface area (Å²) in [5.74, 6) is 0. The molecule has 0 amide bonds. The fraction of sp³-hybridized carbons (Fsp3) is 0.286. The van der Waals surface area contributed by atoms with Crippen molar-refractivity contribution in [1.82, 2.24) is 15.3 Å². The Balaban J connectivity index is 2.44. The van der Waals surface area contributed by atoms with E-state index in [1.54, 1.807) is 0 Å². The zero-order chi connectivity index (χ0) is 12.3. The Morgan fingerprint density at radius 2 is 1.94 bits per heavy atom. The van der Waals surface area contributed by atoms with Crippen LogP contribution < -0.4 is 5.32 Å². The van der Waals surface area contributed by atoms with E-state index in [1.807, 2.05) is 31.8 Å². The van der Waals surface area contributed by atoms with Crippen LogP contribution in [0.4, 0.5) is 0 Å². The lowest BCUT2D eigenvalue weighted by molar-refractivity contribution is 0.682. The molecule has 0 bridgehead atoms. The summed E-state index contributed by atoms with van der Waals surface area (Å²) >= 11 is 0. The van der Waals surface area contributed by atoms with Crippen molar-refractivity contribution in [2.45, 2.75) is 19.9 Å². The summed E-state index contributed by atoms with van der Waals surface area (Å²) in [6.45, 7) is 4.14.